The number of nitrogens with one attached hydrogen (secondary N) is 1. The summed E-state index contributed by atoms with van der Waals surface area (Å²) in [7, 11) is 0. The van der Waals surface area contributed by atoms with Gasteiger partial charge in [-0.25, -0.2) is 9.97 Å². The fourth-order valence-electron chi connectivity index (χ4n) is 4.01. The van der Waals surface area contributed by atoms with E-state index in [-0.39, 0.29) is 5.91 Å². The Morgan fingerprint density at radius 1 is 1.07 bits per heavy atom. The van der Waals surface area contributed by atoms with Crippen LogP contribution in [0.4, 0.5) is 5.82 Å². The Balaban J connectivity index is 1.45. The van der Waals surface area contributed by atoms with Gasteiger partial charge in [0.25, 0.3) is 0 Å². The van der Waals surface area contributed by atoms with Gasteiger partial charge in [0, 0.05) is 30.9 Å². The van der Waals surface area contributed by atoms with E-state index in [0.29, 0.717) is 18.6 Å². The monoisotopic (exact) mass is 386 g/mol. The second-order valence-electron chi connectivity index (χ2n) is 8.30. The lowest BCUT2D eigenvalue weighted by Gasteiger charge is -2.37. The van der Waals surface area contributed by atoms with Gasteiger partial charge in [-0.3, -0.25) is 4.79 Å². The second kappa shape index (κ2) is 7.47. The van der Waals surface area contributed by atoms with Gasteiger partial charge in [-0.1, -0.05) is 24.3 Å². The zero-order valence-electron chi connectivity index (χ0n) is 16.8. The first-order valence-corrected chi connectivity index (χ1v) is 10.6. The highest BCUT2D eigenvalue weighted by molar-refractivity contribution is 5.92. The molecule has 5 rings (SSSR count). The van der Waals surface area contributed by atoms with E-state index in [1.807, 2.05) is 4.90 Å². The molecular formula is C24H26N4O. The van der Waals surface area contributed by atoms with Crippen LogP contribution in [0.1, 0.15) is 44.6 Å². The van der Waals surface area contributed by atoms with Gasteiger partial charge in [0.2, 0.25) is 5.91 Å². The topological polar surface area (TPSA) is 58.1 Å². The molecule has 1 heterocycles. The molecule has 1 amide bonds. The molecule has 148 valence electrons. The van der Waals surface area contributed by atoms with Crippen molar-refractivity contribution >= 4 is 22.6 Å². The van der Waals surface area contributed by atoms with Gasteiger partial charge < -0.3 is 10.2 Å². The van der Waals surface area contributed by atoms with E-state index in [1.54, 1.807) is 13.3 Å². The van der Waals surface area contributed by atoms with Crippen LogP contribution in [0.25, 0.3) is 22.0 Å². The third-order valence-corrected chi connectivity index (χ3v) is 6.09. The van der Waals surface area contributed by atoms with Crippen molar-refractivity contribution in [2.24, 2.45) is 0 Å². The minimum absolute atomic E-state index is 0.166. The molecular weight excluding hydrogens is 360 g/mol. The van der Waals surface area contributed by atoms with Crippen molar-refractivity contribution in [1.29, 1.82) is 0 Å². The number of benzene rings is 2. The smallest absolute Gasteiger partial charge is 0.219 e. The van der Waals surface area contributed by atoms with Gasteiger partial charge in [0.15, 0.2) is 0 Å². The molecule has 2 fully saturated rings. The molecule has 0 aliphatic heterocycles. The van der Waals surface area contributed by atoms with Crippen LogP contribution in [-0.4, -0.2) is 32.9 Å². The molecule has 1 N–H and O–H groups in total. The number of aromatic nitrogens is 2. The summed E-state index contributed by atoms with van der Waals surface area (Å²) in [5, 5.41) is 4.58. The molecule has 0 radical (unpaired) electrons. The molecule has 5 nitrogen and oxygen atoms in total. The van der Waals surface area contributed by atoms with Crippen LogP contribution in [0.3, 0.4) is 0 Å². The quantitative estimate of drug-likeness (QED) is 0.663. The van der Waals surface area contributed by atoms with E-state index in [1.165, 1.54) is 24.8 Å². The van der Waals surface area contributed by atoms with Crippen molar-refractivity contribution in [1.82, 2.24) is 14.9 Å². The third kappa shape index (κ3) is 3.82. The van der Waals surface area contributed by atoms with Crippen LogP contribution in [-0.2, 0) is 11.3 Å². The Morgan fingerprint density at radius 3 is 2.62 bits per heavy atom. The lowest BCUT2D eigenvalue weighted by molar-refractivity contribution is -0.133. The second-order valence-corrected chi connectivity index (χ2v) is 8.30. The summed E-state index contributed by atoms with van der Waals surface area (Å²) in [6.07, 6.45) is 7.53. The summed E-state index contributed by atoms with van der Waals surface area (Å²) in [5.41, 5.74) is 4.43. The van der Waals surface area contributed by atoms with Crippen LogP contribution >= 0.6 is 0 Å². The summed E-state index contributed by atoms with van der Waals surface area (Å²) >= 11 is 0. The van der Waals surface area contributed by atoms with Gasteiger partial charge in [0.1, 0.15) is 12.1 Å². The summed E-state index contributed by atoms with van der Waals surface area (Å²) in [5.74, 6) is 1.09. The molecule has 1 aromatic heterocycles. The number of nitrogens with zero attached hydrogens (tertiary/aromatic N) is 3. The maximum Gasteiger partial charge on any atom is 0.219 e. The summed E-state index contributed by atoms with van der Waals surface area (Å²) in [4.78, 5) is 23.0. The predicted molar refractivity (Wildman–Crippen MR) is 115 cm³/mol. The molecule has 2 aliphatic rings. The first-order valence-electron chi connectivity index (χ1n) is 10.6. The molecule has 0 saturated heterocycles. The fraction of sp³-hybridized carbons (Fsp3) is 0.375. The highest BCUT2D eigenvalue weighted by Crippen LogP contribution is 2.31. The number of amides is 1. The van der Waals surface area contributed by atoms with Gasteiger partial charge >= 0.3 is 0 Å². The number of rotatable bonds is 6. The van der Waals surface area contributed by atoms with Gasteiger partial charge in [-0.15, -0.1) is 0 Å². The van der Waals surface area contributed by atoms with Crippen LogP contribution < -0.4 is 5.32 Å². The molecule has 0 unspecified atom stereocenters. The van der Waals surface area contributed by atoms with E-state index in [0.717, 1.165) is 40.7 Å². The molecule has 5 heteroatoms. The largest absolute Gasteiger partial charge is 0.367 e. The summed E-state index contributed by atoms with van der Waals surface area (Å²) in [6.45, 7) is 2.36. The SMILES string of the molecule is CC(=O)N(Cc1cccc(-c2ccc3ncnc(NC4CC4)c3c2)c1)C1CCC1. The lowest BCUT2D eigenvalue weighted by Crippen LogP contribution is -2.42. The van der Waals surface area contributed by atoms with Crippen LogP contribution in [0, 0.1) is 0 Å². The Labute approximate surface area is 171 Å². The molecule has 2 aliphatic carbocycles. The number of anilines is 1. The average molecular weight is 386 g/mol. The van der Waals surface area contributed by atoms with E-state index in [2.05, 4.69) is 57.7 Å². The van der Waals surface area contributed by atoms with E-state index < -0.39 is 0 Å². The van der Waals surface area contributed by atoms with Crippen LogP contribution in [0.2, 0.25) is 0 Å². The van der Waals surface area contributed by atoms with E-state index in [9.17, 15) is 4.79 Å². The van der Waals surface area contributed by atoms with Crippen molar-refractivity contribution in [2.75, 3.05) is 5.32 Å². The van der Waals surface area contributed by atoms with Gasteiger partial charge in [-0.2, -0.15) is 0 Å². The Bertz CT molecular complexity index is 1060. The highest BCUT2D eigenvalue weighted by atomic mass is 16.2. The summed E-state index contributed by atoms with van der Waals surface area (Å²) in [6, 6.07) is 15.8. The molecule has 29 heavy (non-hydrogen) atoms. The molecule has 2 saturated carbocycles. The summed E-state index contributed by atoms with van der Waals surface area (Å²) < 4.78 is 0. The Kier molecular flexibility index (Phi) is 4.66. The van der Waals surface area contributed by atoms with Gasteiger partial charge in [0.05, 0.1) is 5.52 Å². The van der Waals surface area contributed by atoms with Crippen molar-refractivity contribution in [2.45, 2.75) is 57.7 Å². The van der Waals surface area contributed by atoms with Crippen LogP contribution in [0.15, 0.2) is 48.8 Å². The van der Waals surface area contributed by atoms with Crippen molar-refractivity contribution < 1.29 is 4.79 Å². The van der Waals surface area contributed by atoms with Crippen molar-refractivity contribution in [3.05, 3.63) is 54.4 Å². The first kappa shape index (κ1) is 18.1. The molecule has 2 aromatic carbocycles. The standard InChI is InChI=1S/C24H26N4O/c1-16(29)28(21-6-3-7-21)14-17-4-2-5-18(12-17)19-8-11-23-22(13-19)24(26-15-25-23)27-20-9-10-20/h2,4-5,8,11-13,15,20-21H,3,6-7,9-10,14H2,1H3,(H,25,26,27). The zero-order chi connectivity index (χ0) is 19.8. The van der Waals surface area contributed by atoms with E-state index >= 15 is 0 Å². The Morgan fingerprint density at radius 2 is 1.90 bits per heavy atom. The number of carbonyl (C=O) groups is 1. The van der Waals surface area contributed by atoms with Crippen molar-refractivity contribution in [3.8, 4) is 11.1 Å². The minimum Gasteiger partial charge on any atom is -0.367 e. The maximum absolute atomic E-state index is 12.1. The molecule has 0 spiro atoms. The van der Waals surface area contributed by atoms with Crippen LogP contribution in [0.5, 0.6) is 0 Å². The number of fused-ring (bicyclic) bond motifs is 1. The highest BCUT2D eigenvalue weighted by Gasteiger charge is 2.27. The third-order valence-electron chi connectivity index (χ3n) is 6.09. The molecule has 0 bridgehead atoms. The van der Waals surface area contributed by atoms with Crippen molar-refractivity contribution in [3.63, 3.8) is 0 Å². The van der Waals surface area contributed by atoms with Gasteiger partial charge in [-0.05, 0) is 67.0 Å². The first-order chi connectivity index (χ1) is 14.2. The molecule has 0 atom stereocenters. The normalized spacial score (nSPS) is 16.4. The van der Waals surface area contributed by atoms with E-state index in [4.69, 9.17) is 0 Å². The minimum atomic E-state index is 0.166. The molecule has 3 aromatic rings. The number of carbonyl (C=O) groups excluding carboxylic acids is 1. The maximum atomic E-state index is 12.1. The fourth-order valence-corrected chi connectivity index (χ4v) is 4.01. The number of hydrogen-bond acceptors (Lipinski definition) is 4. The Hall–Kier alpha value is -2.95. The lowest BCUT2D eigenvalue weighted by atomic mass is 9.91. The zero-order valence-corrected chi connectivity index (χ0v) is 16.8. The number of hydrogen-bond donors (Lipinski definition) is 1. The average Bonchev–Trinajstić information content (AvgIpc) is 3.50. The predicted octanol–water partition coefficient (Wildman–Crippen LogP) is 4.77.